The van der Waals surface area contributed by atoms with Crippen molar-refractivity contribution in [3.8, 4) is 0 Å². The molecule has 0 aliphatic carbocycles. The zero-order chi connectivity index (χ0) is 21.5. The number of pyridine rings is 1. The van der Waals surface area contributed by atoms with Gasteiger partial charge in [-0.25, -0.2) is 0 Å². The van der Waals surface area contributed by atoms with Crippen LogP contribution < -0.4 is 15.8 Å². The van der Waals surface area contributed by atoms with Crippen LogP contribution in [-0.2, 0) is 13.1 Å². The molecule has 3 aromatic rings. The lowest BCUT2D eigenvalue weighted by molar-refractivity contribution is 0.372. The Morgan fingerprint density at radius 3 is 2.23 bits per heavy atom. The number of nitrogens with one attached hydrogen (secondary N) is 1. The third-order valence-corrected chi connectivity index (χ3v) is 5.64. The highest BCUT2D eigenvalue weighted by molar-refractivity contribution is 5.80. The zero-order valence-electron chi connectivity index (χ0n) is 17.9. The fraction of sp³-hybridized carbons (Fsp3) is 0.280. The standard InChI is InChI=1S/C25H29N5O/c1-26-25(29-17-15-28(16-18-29)23-7-3-2-4-8-23)27-19-21-10-12-22(13-11-21)20-30-14-6-5-9-24(30)31/h2-14H,15-20H2,1H3,(H,26,27). The van der Waals surface area contributed by atoms with Crippen LogP contribution >= 0.6 is 0 Å². The van der Waals surface area contributed by atoms with E-state index in [1.807, 2.05) is 19.3 Å². The number of aromatic nitrogens is 1. The molecule has 6 nitrogen and oxygen atoms in total. The largest absolute Gasteiger partial charge is 0.368 e. The van der Waals surface area contributed by atoms with Crippen LogP contribution in [0.4, 0.5) is 5.69 Å². The maximum Gasteiger partial charge on any atom is 0.250 e. The minimum atomic E-state index is 0.0180. The summed E-state index contributed by atoms with van der Waals surface area (Å²) < 4.78 is 1.71. The van der Waals surface area contributed by atoms with E-state index in [0.29, 0.717) is 6.54 Å². The number of hydrogen-bond acceptors (Lipinski definition) is 3. The van der Waals surface area contributed by atoms with Gasteiger partial charge in [0, 0.05) is 57.7 Å². The van der Waals surface area contributed by atoms with Crippen molar-refractivity contribution in [2.24, 2.45) is 4.99 Å². The van der Waals surface area contributed by atoms with Crippen molar-refractivity contribution in [3.63, 3.8) is 0 Å². The average Bonchev–Trinajstić information content (AvgIpc) is 2.83. The molecular weight excluding hydrogens is 386 g/mol. The molecule has 0 atom stereocenters. The van der Waals surface area contributed by atoms with Gasteiger partial charge in [0.05, 0.1) is 6.54 Å². The third kappa shape index (κ3) is 5.34. The van der Waals surface area contributed by atoms with Gasteiger partial charge >= 0.3 is 0 Å². The lowest BCUT2D eigenvalue weighted by atomic mass is 10.1. The lowest BCUT2D eigenvalue weighted by Crippen LogP contribution is -2.52. The summed E-state index contributed by atoms with van der Waals surface area (Å²) in [5.74, 6) is 0.938. The monoisotopic (exact) mass is 415 g/mol. The van der Waals surface area contributed by atoms with E-state index in [-0.39, 0.29) is 5.56 Å². The molecule has 0 amide bonds. The summed E-state index contributed by atoms with van der Waals surface area (Å²) in [6, 6.07) is 24.2. The summed E-state index contributed by atoms with van der Waals surface area (Å²) >= 11 is 0. The van der Waals surface area contributed by atoms with E-state index < -0.39 is 0 Å². The predicted molar refractivity (Wildman–Crippen MR) is 127 cm³/mol. The molecule has 1 fully saturated rings. The molecule has 1 aromatic heterocycles. The van der Waals surface area contributed by atoms with Crippen molar-refractivity contribution in [2.45, 2.75) is 13.1 Å². The highest BCUT2D eigenvalue weighted by Gasteiger charge is 2.19. The quantitative estimate of drug-likeness (QED) is 0.514. The number of hydrogen-bond donors (Lipinski definition) is 1. The second-order valence-corrected chi connectivity index (χ2v) is 7.69. The maximum atomic E-state index is 11.9. The first-order valence-electron chi connectivity index (χ1n) is 10.7. The molecule has 2 aromatic carbocycles. The second-order valence-electron chi connectivity index (χ2n) is 7.69. The van der Waals surface area contributed by atoms with Gasteiger partial charge in [0.1, 0.15) is 0 Å². The summed E-state index contributed by atoms with van der Waals surface area (Å²) in [4.78, 5) is 21.1. The summed E-state index contributed by atoms with van der Waals surface area (Å²) in [7, 11) is 1.84. The van der Waals surface area contributed by atoms with E-state index in [4.69, 9.17) is 0 Å². The molecule has 6 heteroatoms. The molecule has 0 saturated carbocycles. The fourth-order valence-corrected chi connectivity index (χ4v) is 3.88. The first-order valence-corrected chi connectivity index (χ1v) is 10.7. The van der Waals surface area contributed by atoms with Crippen LogP contribution in [0.2, 0.25) is 0 Å². The molecule has 1 aliphatic rings. The topological polar surface area (TPSA) is 52.9 Å². The zero-order valence-corrected chi connectivity index (χ0v) is 17.9. The molecular formula is C25H29N5O. The molecule has 0 bridgehead atoms. The van der Waals surface area contributed by atoms with Gasteiger partial charge in [-0.05, 0) is 29.3 Å². The van der Waals surface area contributed by atoms with Crippen LogP contribution in [0.15, 0.2) is 88.8 Å². The van der Waals surface area contributed by atoms with Gasteiger partial charge in [-0.2, -0.15) is 0 Å². The lowest BCUT2D eigenvalue weighted by Gasteiger charge is -2.37. The molecule has 1 saturated heterocycles. The minimum absolute atomic E-state index is 0.0180. The van der Waals surface area contributed by atoms with Crippen LogP contribution in [0.5, 0.6) is 0 Å². The van der Waals surface area contributed by atoms with Gasteiger partial charge in [-0.1, -0.05) is 48.5 Å². The first-order chi connectivity index (χ1) is 15.2. The maximum absolute atomic E-state index is 11.9. The summed E-state index contributed by atoms with van der Waals surface area (Å²) in [6.07, 6.45) is 1.82. The molecule has 1 aliphatic heterocycles. The van der Waals surface area contributed by atoms with Crippen molar-refractivity contribution in [2.75, 3.05) is 38.1 Å². The third-order valence-electron chi connectivity index (χ3n) is 5.64. The van der Waals surface area contributed by atoms with Crippen molar-refractivity contribution < 1.29 is 0 Å². The number of anilines is 1. The second kappa shape index (κ2) is 9.98. The van der Waals surface area contributed by atoms with E-state index in [9.17, 15) is 4.79 Å². The number of benzene rings is 2. The Bertz CT molecular complexity index is 1050. The predicted octanol–water partition coefficient (Wildman–Crippen LogP) is 2.79. The smallest absolute Gasteiger partial charge is 0.250 e. The van der Waals surface area contributed by atoms with Gasteiger partial charge in [0.25, 0.3) is 5.56 Å². The Balaban J connectivity index is 1.29. The van der Waals surface area contributed by atoms with Crippen LogP contribution in [-0.4, -0.2) is 48.7 Å². The molecule has 0 unspecified atom stereocenters. The molecule has 0 spiro atoms. The van der Waals surface area contributed by atoms with Crippen molar-refractivity contribution in [1.82, 2.24) is 14.8 Å². The van der Waals surface area contributed by atoms with E-state index in [2.05, 4.69) is 74.7 Å². The molecule has 31 heavy (non-hydrogen) atoms. The first kappa shape index (κ1) is 20.7. The normalized spacial score (nSPS) is 14.5. The average molecular weight is 416 g/mol. The number of piperazine rings is 1. The van der Waals surface area contributed by atoms with E-state index >= 15 is 0 Å². The summed E-state index contributed by atoms with van der Waals surface area (Å²) in [6.45, 7) is 5.16. The number of para-hydroxylation sites is 1. The number of rotatable bonds is 5. The minimum Gasteiger partial charge on any atom is -0.368 e. The van der Waals surface area contributed by atoms with Gasteiger partial charge < -0.3 is 19.7 Å². The van der Waals surface area contributed by atoms with E-state index in [1.165, 1.54) is 11.3 Å². The summed E-state index contributed by atoms with van der Waals surface area (Å²) in [5.41, 5.74) is 3.60. The van der Waals surface area contributed by atoms with Gasteiger partial charge in [-0.3, -0.25) is 9.79 Å². The molecule has 1 N–H and O–H groups in total. The highest BCUT2D eigenvalue weighted by Crippen LogP contribution is 2.15. The Morgan fingerprint density at radius 1 is 0.871 bits per heavy atom. The SMILES string of the molecule is CN=C(NCc1ccc(Cn2ccccc2=O)cc1)N1CCN(c2ccccc2)CC1. The Labute approximate surface area is 183 Å². The Morgan fingerprint density at radius 2 is 1.55 bits per heavy atom. The molecule has 0 radical (unpaired) electrons. The van der Waals surface area contributed by atoms with E-state index in [1.54, 1.807) is 16.7 Å². The Kier molecular flexibility index (Phi) is 6.67. The van der Waals surface area contributed by atoms with Crippen molar-refractivity contribution in [1.29, 1.82) is 0 Å². The molecule has 160 valence electrons. The van der Waals surface area contributed by atoms with Crippen LogP contribution in [0.1, 0.15) is 11.1 Å². The fourth-order valence-electron chi connectivity index (χ4n) is 3.88. The van der Waals surface area contributed by atoms with Crippen LogP contribution in [0.3, 0.4) is 0 Å². The number of aliphatic imine (C=N–C) groups is 1. The van der Waals surface area contributed by atoms with Gasteiger partial charge in [0.15, 0.2) is 5.96 Å². The van der Waals surface area contributed by atoms with Crippen LogP contribution in [0, 0.1) is 0 Å². The summed E-state index contributed by atoms with van der Waals surface area (Å²) in [5, 5.41) is 3.49. The van der Waals surface area contributed by atoms with Gasteiger partial charge in [-0.15, -0.1) is 0 Å². The van der Waals surface area contributed by atoms with E-state index in [0.717, 1.165) is 44.2 Å². The highest BCUT2D eigenvalue weighted by atomic mass is 16.1. The number of nitrogens with zero attached hydrogens (tertiary/aromatic N) is 4. The molecule has 2 heterocycles. The van der Waals surface area contributed by atoms with Gasteiger partial charge in [0.2, 0.25) is 0 Å². The van der Waals surface area contributed by atoms with Crippen molar-refractivity contribution in [3.05, 3.63) is 100 Å². The van der Waals surface area contributed by atoms with Crippen molar-refractivity contribution >= 4 is 11.6 Å². The molecule has 4 rings (SSSR count). The number of guanidine groups is 1. The van der Waals surface area contributed by atoms with Crippen LogP contribution in [0.25, 0.3) is 0 Å². The Hall–Kier alpha value is -3.54.